The van der Waals surface area contributed by atoms with Crippen LogP contribution in [0.5, 0.6) is 0 Å². The summed E-state index contributed by atoms with van der Waals surface area (Å²) >= 11 is 0. The molecule has 0 aromatic carbocycles. The van der Waals surface area contributed by atoms with Crippen LogP contribution in [-0.4, -0.2) is 83.7 Å². The molecular weight excluding hydrogens is 465 g/mol. The van der Waals surface area contributed by atoms with Gasteiger partial charge < -0.3 is 30.3 Å². The standard InChI is InChI=1S/C22H25F3N8O2/c23-22(24,25)19(34)16-11-14-12-28-21(31-18(14)20(29-16)33-7-9-35-10-8-33)30-17-2-1-15(13-27-17)32-5-3-26-4-6-32/h1-2,11-13,19,26,34H,3-10H2,(H,27,28,30,31). The molecule has 2 aliphatic rings. The number of ether oxygens (including phenoxy) is 1. The van der Waals surface area contributed by atoms with E-state index in [0.29, 0.717) is 43.0 Å². The Bertz CT molecular complexity index is 1170. The summed E-state index contributed by atoms with van der Waals surface area (Å²) in [7, 11) is 0. The van der Waals surface area contributed by atoms with Crippen LogP contribution in [0.15, 0.2) is 30.6 Å². The van der Waals surface area contributed by atoms with Crippen molar-refractivity contribution in [1.82, 2.24) is 25.3 Å². The Morgan fingerprint density at radius 3 is 2.46 bits per heavy atom. The fourth-order valence-electron chi connectivity index (χ4n) is 4.09. The predicted octanol–water partition coefficient (Wildman–Crippen LogP) is 2.01. The number of aromatic nitrogens is 4. The predicted molar refractivity (Wildman–Crippen MR) is 124 cm³/mol. The van der Waals surface area contributed by atoms with E-state index < -0.39 is 18.0 Å². The monoisotopic (exact) mass is 490 g/mol. The maximum Gasteiger partial charge on any atom is 0.420 e. The highest BCUT2D eigenvalue weighted by Gasteiger charge is 2.41. The molecule has 13 heteroatoms. The summed E-state index contributed by atoms with van der Waals surface area (Å²) in [6, 6.07) is 4.96. The lowest BCUT2D eigenvalue weighted by Crippen LogP contribution is -2.43. The highest BCUT2D eigenvalue weighted by atomic mass is 19.4. The second kappa shape index (κ2) is 9.76. The Hall–Kier alpha value is -3.29. The molecule has 5 heterocycles. The number of nitrogens with zero attached hydrogens (tertiary/aromatic N) is 6. The highest BCUT2D eigenvalue weighted by molar-refractivity contribution is 5.89. The summed E-state index contributed by atoms with van der Waals surface area (Å²) < 4.78 is 44.9. The number of anilines is 4. The molecule has 3 N–H and O–H groups in total. The largest absolute Gasteiger partial charge is 0.420 e. The van der Waals surface area contributed by atoms with E-state index in [1.54, 1.807) is 11.1 Å². The Balaban J connectivity index is 1.45. The summed E-state index contributed by atoms with van der Waals surface area (Å²) in [6.07, 6.45) is -4.35. The van der Waals surface area contributed by atoms with Crippen molar-refractivity contribution in [2.24, 2.45) is 0 Å². The average Bonchev–Trinajstić information content (AvgIpc) is 2.88. The van der Waals surface area contributed by atoms with Gasteiger partial charge in [0.1, 0.15) is 11.3 Å². The summed E-state index contributed by atoms with van der Waals surface area (Å²) in [5, 5.41) is 16.5. The van der Waals surface area contributed by atoms with E-state index in [1.165, 1.54) is 12.3 Å². The number of alkyl halides is 3. The van der Waals surface area contributed by atoms with Crippen LogP contribution >= 0.6 is 0 Å². The summed E-state index contributed by atoms with van der Waals surface area (Å²) in [4.78, 5) is 21.4. The molecule has 186 valence electrons. The third-order valence-corrected chi connectivity index (χ3v) is 5.94. The summed E-state index contributed by atoms with van der Waals surface area (Å²) in [6.45, 7) is 5.36. The number of aliphatic hydroxyl groups is 1. The fourth-order valence-corrected chi connectivity index (χ4v) is 4.09. The first-order valence-electron chi connectivity index (χ1n) is 11.3. The number of nitrogens with one attached hydrogen (secondary N) is 2. The average molecular weight is 490 g/mol. The third kappa shape index (κ3) is 5.21. The van der Waals surface area contributed by atoms with Crippen molar-refractivity contribution >= 4 is 34.2 Å². The number of pyridine rings is 2. The van der Waals surface area contributed by atoms with Gasteiger partial charge in [0.25, 0.3) is 0 Å². The van der Waals surface area contributed by atoms with E-state index in [-0.39, 0.29) is 11.8 Å². The van der Waals surface area contributed by atoms with Crippen molar-refractivity contribution in [2.75, 3.05) is 67.6 Å². The quantitative estimate of drug-likeness (QED) is 0.491. The zero-order valence-electron chi connectivity index (χ0n) is 18.8. The van der Waals surface area contributed by atoms with Crippen molar-refractivity contribution in [1.29, 1.82) is 0 Å². The van der Waals surface area contributed by atoms with Crippen LogP contribution in [0.25, 0.3) is 10.9 Å². The van der Waals surface area contributed by atoms with Gasteiger partial charge in [-0.2, -0.15) is 13.2 Å². The van der Waals surface area contributed by atoms with Gasteiger partial charge in [-0.05, 0) is 18.2 Å². The number of hydrogen-bond acceptors (Lipinski definition) is 10. The number of piperazine rings is 1. The molecule has 0 amide bonds. The van der Waals surface area contributed by atoms with Gasteiger partial charge >= 0.3 is 6.18 Å². The first-order chi connectivity index (χ1) is 16.9. The number of aliphatic hydroxyl groups excluding tert-OH is 1. The van der Waals surface area contributed by atoms with E-state index in [1.807, 2.05) is 12.1 Å². The number of halogens is 3. The van der Waals surface area contributed by atoms with Gasteiger partial charge in [0.05, 0.1) is 30.8 Å². The normalized spacial score (nSPS) is 18.1. The Kier molecular flexibility index (Phi) is 6.54. The number of hydrogen-bond donors (Lipinski definition) is 3. The summed E-state index contributed by atoms with van der Waals surface area (Å²) in [5.74, 6) is 1.02. The minimum atomic E-state index is -4.84. The van der Waals surface area contributed by atoms with Crippen LogP contribution in [0.1, 0.15) is 11.8 Å². The number of fused-ring (bicyclic) bond motifs is 1. The lowest BCUT2D eigenvalue weighted by Gasteiger charge is -2.29. The molecule has 1 atom stereocenters. The highest BCUT2D eigenvalue weighted by Crippen LogP contribution is 2.35. The van der Waals surface area contributed by atoms with Gasteiger partial charge in [0.15, 0.2) is 11.9 Å². The molecule has 35 heavy (non-hydrogen) atoms. The Morgan fingerprint density at radius 2 is 1.77 bits per heavy atom. The molecule has 3 aromatic rings. The van der Waals surface area contributed by atoms with E-state index in [4.69, 9.17) is 4.74 Å². The molecule has 5 rings (SSSR count). The first kappa shape index (κ1) is 23.5. The smallest absolute Gasteiger partial charge is 0.378 e. The van der Waals surface area contributed by atoms with Gasteiger partial charge in [-0.15, -0.1) is 0 Å². The maximum atomic E-state index is 13.2. The molecule has 1 unspecified atom stereocenters. The van der Waals surface area contributed by atoms with Gasteiger partial charge in [-0.1, -0.05) is 0 Å². The lowest BCUT2D eigenvalue weighted by atomic mass is 10.1. The molecule has 0 aliphatic carbocycles. The Labute approximate surface area is 199 Å². The maximum absolute atomic E-state index is 13.2. The van der Waals surface area contributed by atoms with Crippen LogP contribution in [0, 0.1) is 0 Å². The topological polar surface area (TPSA) is 112 Å². The first-order valence-corrected chi connectivity index (χ1v) is 11.3. The Morgan fingerprint density at radius 1 is 1.00 bits per heavy atom. The van der Waals surface area contributed by atoms with Gasteiger partial charge in [-0.3, -0.25) is 0 Å². The van der Waals surface area contributed by atoms with Crippen LogP contribution in [-0.2, 0) is 4.74 Å². The van der Waals surface area contributed by atoms with Crippen LogP contribution in [0.4, 0.5) is 36.4 Å². The van der Waals surface area contributed by atoms with E-state index in [9.17, 15) is 18.3 Å². The van der Waals surface area contributed by atoms with Gasteiger partial charge in [0, 0.05) is 50.9 Å². The zero-order chi connectivity index (χ0) is 24.4. The molecule has 0 radical (unpaired) electrons. The number of rotatable bonds is 5. The molecule has 3 aromatic heterocycles. The molecule has 2 saturated heterocycles. The van der Waals surface area contributed by atoms with Crippen molar-refractivity contribution in [2.45, 2.75) is 12.3 Å². The van der Waals surface area contributed by atoms with Crippen molar-refractivity contribution in [3.8, 4) is 0 Å². The van der Waals surface area contributed by atoms with E-state index >= 15 is 0 Å². The number of morpholine rings is 1. The van der Waals surface area contributed by atoms with Crippen LogP contribution < -0.4 is 20.4 Å². The molecule has 0 bridgehead atoms. The summed E-state index contributed by atoms with van der Waals surface area (Å²) in [5.41, 5.74) is 0.895. The van der Waals surface area contributed by atoms with E-state index in [2.05, 4.69) is 35.5 Å². The second-order valence-corrected chi connectivity index (χ2v) is 8.31. The zero-order valence-corrected chi connectivity index (χ0v) is 18.8. The molecule has 0 spiro atoms. The molecule has 2 aliphatic heterocycles. The molecule has 10 nitrogen and oxygen atoms in total. The van der Waals surface area contributed by atoms with Crippen LogP contribution in [0.3, 0.4) is 0 Å². The van der Waals surface area contributed by atoms with Gasteiger partial charge in [0.2, 0.25) is 5.95 Å². The molecular formula is C22H25F3N8O2. The van der Waals surface area contributed by atoms with Gasteiger partial charge in [-0.25, -0.2) is 19.9 Å². The third-order valence-electron chi connectivity index (χ3n) is 5.94. The molecule has 0 saturated carbocycles. The lowest BCUT2D eigenvalue weighted by molar-refractivity contribution is -0.207. The fraction of sp³-hybridized carbons (Fsp3) is 0.455. The van der Waals surface area contributed by atoms with E-state index in [0.717, 1.165) is 31.9 Å². The van der Waals surface area contributed by atoms with Crippen molar-refractivity contribution < 1.29 is 23.0 Å². The SMILES string of the molecule is OC(c1cc2cnc(Nc3ccc(N4CCNCC4)cn3)nc2c(N2CCOCC2)n1)C(F)(F)F. The minimum Gasteiger partial charge on any atom is -0.378 e. The van der Waals surface area contributed by atoms with Crippen molar-refractivity contribution in [3.63, 3.8) is 0 Å². The van der Waals surface area contributed by atoms with Crippen LogP contribution in [0.2, 0.25) is 0 Å². The molecule has 2 fully saturated rings. The van der Waals surface area contributed by atoms with Crippen molar-refractivity contribution in [3.05, 3.63) is 36.3 Å². The second-order valence-electron chi connectivity index (χ2n) is 8.31. The minimum absolute atomic E-state index is 0.236.